The topological polar surface area (TPSA) is 129 Å². The van der Waals surface area contributed by atoms with E-state index in [-0.39, 0.29) is 19.1 Å². The van der Waals surface area contributed by atoms with E-state index in [9.17, 15) is 14.7 Å². The number of aryl methyl sites for hydroxylation is 1. The van der Waals surface area contributed by atoms with Crippen LogP contribution in [-0.2, 0) is 24.2 Å². The number of carbonyl (C=O) groups is 2. The summed E-state index contributed by atoms with van der Waals surface area (Å²) in [5.74, 6) is 0.729. The minimum atomic E-state index is -0.442. The number of unbranched alkanes of at least 4 members (excludes halogenated alkanes) is 1. The number of ether oxygens (including phenoxy) is 1. The first-order valence-corrected chi connectivity index (χ1v) is 15.8. The molecule has 1 aliphatic heterocycles. The molecule has 0 saturated carbocycles. The van der Waals surface area contributed by atoms with Gasteiger partial charge < -0.3 is 25.8 Å². The quantitative estimate of drug-likeness (QED) is 0.257. The number of hydrogen-bond acceptors (Lipinski definition) is 6. The molecule has 3 aromatic carbocycles. The standard InChI is InChI=1S/C36H42N4O4/c37-22-25-7-9-27(10-8-25)31-13-12-29(21-30(31)23-41)36(43)39-17-3-4-18-40-19-15-28(16-20-40)33-14-11-26-5-1-2-6-32(26)35(33)44-24-34(38)42/h7-14,21,28,41H,1-6,15-20,23-24H2,(H2,38,42)(H,39,43). The number of nitriles is 1. The van der Waals surface area contributed by atoms with Gasteiger partial charge in [0.2, 0.25) is 0 Å². The summed E-state index contributed by atoms with van der Waals surface area (Å²) < 4.78 is 6.02. The summed E-state index contributed by atoms with van der Waals surface area (Å²) in [6.45, 7) is 3.35. The van der Waals surface area contributed by atoms with Crippen LogP contribution in [0.15, 0.2) is 54.6 Å². The summed E-state index contributed by atoms with van der Waals surface area (Å²) in [4.78, 5) is 26.8. The summed E-state index contributed by atoms with van der Waals surface area (Å²) in [6, 6.07) is 19.1. The number of piperidine rings is 1. The van der Waals surface area contributed by atoms with Gasteiger partial charge in [-0.2, -0.15) is 5.26 Å². The van der Waals surface area contributed by atoms with Crippen LogP contribution in [0.4, 0.5) is 0 Å². The number of likely N-dealkylation sites (tertiary alicyclic amines) is 1. The number of aliphatic hydroxyl groups excluding tert-OH is 1. The number of nitrogens with two attached hydrogens (primary N) is 1. The predicted octanol–water partition coefficient (Wildman–Crippen LogP) is 4.85. The fourth-order valence-corrected chi connectivity index (χ4v) is 6.55. The Hall–Kier alpha value is -4.19. The Labute approximate surface area is 259 Å². The lowest BCUT2D eigenvalue weighted by atomic mass is 9.83. The first-order valence-electron chi connectivity index (χ1n) is 15.8. The first-order chi connectivity index (χ1) is 21.5. The molecule has 0 spiro atoms. The molecule has 5 rings (SSSR count). The number of aliphatic hydroxyl groups is 1. The monoisotopic (exact) mass is 594 g/mol. The Morgan fingerprint density at radius 1 is 1.02 bits per heavy atom. The highest BCUT2D eigenvalue weighted by Gasteiger charge is 2.26. The molecular formula is C36H42N4O4. The highest BCUT2D eigenvalue weighted by Crippen LogP contribution is 2.40. The van der Waals surface area contributed by atoms with Crippen LogP contribution in [0, 0.1) is 11.3 Å². The van der Waals surface area contributed by atoms with Crippen LogP contribution < -0.4 is 15.8 Å². The highest BCUT2D eigenvalue weighted by atomic mass is 16.5. The van der Waals surface area contributed by atoms with E-state index >= 15 is 0 Å². The number of benzene rings is 3. The van der Waals surface area contributed by atoms with Gasteiger partial charge in [-0.3, -0.25) is 9.59 Å². The number of amides is 2. The van der Waals surface area contributed by atoms with E-state index in [4.69, 9.17) is 15.7 Å². The van der Waals surface area contributed by atoms with Gasteiger partial charge in [0.05, 0.1) is 18.2 Å². The fourth-order valence-electron chi connectivity index (χ4n) is 6.55. The molecule has 4 N–H and O–H groups in total. The maximum Gasteiger partial charge on any atom is 0.255 e. The Balaban J connectivity index is 1.07. The van der Waals surface area contributed by atoms with Gasteiger partial charge in [-0.1, -0.05) is 30.3 Å². The van der Waals surface area contributed by atoms with Crippen LogP contribution in [0.25, 0.3) is 11.1 Å². The third kappa shape index (κ3) is 7.65. The van der Waals surface area contributed by atoms with E-state index in [1.807, 2.05) is 18.2 Å². The van der Waals surface area contributed by atoms with Crippen LogP contribution in [0.5, 0.6) is 5.75 Å². The molecule has 0 radical (unpaired) electrons. The lowest BCUT2D eigenvalue weighted by Gasteiger charge is -2.34. The summed E-state index contributed by atoms with van der Waals surface area (Å²) >= 11 is 0. The lowest BCUT2D eigenvalue weighted by Crippen LogP contribution is -2.34. The Kier molecular flexibility index (Phi) is 10.7. The van der Waals surface area contributed by atoms with E-state index in [1.54, 1.807) is 24.3 Å². The second-order valence-electron chi connectivity index (χ2n) is 11.9. The van der Waals surface area contributed by atoms with Crippen molar-refractivity contribution in [2.75, 3.05) is 32.8 Å². The van der Waals surface area contributed by atoms with Crippen molar-refractivity contribution in [3.63, 3.8) is 0 Å². The first kappa shape index (κ1) is 31.2. The van der Waals surface area contributed by atoms with E-state index in [0.29, 0.717) is 29.2 Å². The smallest absolute Gasteiger partial charge is 0.255 e. The van der Waals surface area contributed by atoms with Crippen molar-refractivity contribution in [2.24, 2.45) is 5.73 Å². The number of rotatable bonds is 12. The van der Waals surface area contributed by atoms with E-state index in [1.165, 1.54) is 23.1 Å². The third-order valence-electron chi connectivity index (χ3n) is 8.95. The summed E-state index contributed by atoms with van der Waals surface area (Å²) in [5.41, 5.74) is 12.8. The Morgan fingerprint density at radius 3 is 2.52 bits per heavy atom. The molecule has 1 aliphatic carbocycles. The largest absolute Gasteiger partial charge is 0.483 e. The second kappa shape index (κ2) is 15.0. The van der Waals surface area contributed by atoms with Crippen molar-refractivity contribution in [3.8, 4) is 22.9 Å². The van der Waals surface area contributed by atoms with Crippen molar-refractivity contribution in [1.29, 1.82) is 5.26 Å². The highest BCUT2D eigenvalue weighted by molar-refractivity contribution is 5.95. The minimum absolute atomic E-state index is 0.0780. The van der Waals surface area contributed by atoms with Gasteiger partial charge >= 0.3 is 0 Å². The molecule has 1 saturated heterocycles. The molecule has 3 aromatic rings. The number of fused-ring (bicyclic) bond motifs is 1. The minimum Gasteiger partial charge on any atom is -0.483 e. The van der Waals surface area contributed by atoms with Crippen molar-refractivity contribution in [2.45, 2.75) is 63.9 Å². The zero-order chi connectivity index (χ0) is 30.9. The van der Waals surface area contributed by atoms with Crippen molar-refractivity contribution in [3.05, 3.63) is 88.0 Å². The number of carbonyl (C=O) groups excluding carboxylic acids is 2. The van der Waals surface area contributed by atoms with Crippen molar-refractivity contribution < 1.29 is 19.4 Å². The molecule has 1 heterocycles. The molecular weight excluding hydrogens is 552 g/mol. The number of hydrogen-bond donors (Lipinski definition) is 3. The summed E-state index contributed by atoms with van der Waals surface area (Å²) in [7, 11) is 0. The van der Waals surface area contributed by atoms with Crippen LogP contribution in [0.2, 0.25) is 0 Å². The molecule has 0 bridgehead atoms. The normalized spacial score (nSPS) is 15.3. The molecule has 8 heteroatoms. The van der Waals surface area contributed by atoms with Crippen LogP contribution in [0.3, 0.4) is 0 Å². The van der Waals surface area contributed by atoms with E-state index in [0.717, 1.165) is 81.5 Å². The molecule has 1 fully saturated rings. The van der Waals surface area contributed by atoms with Gasteiger partial charge in [0.15, 0.2) is 6.61 Å². The van der Waals surface area contributed by atoms with Gasteiger partial charge in [0.25, 0.3) is 11.8 Å². The van der Waals surface area contributed by atoms with Crippen molar-refractivity contribution in [1.82, 2.24) is 10.2 Å². The summed E-state index contributed by atoms with van der Waals surface area (Å²) in [5, 5.41) is 22.0. The third-order valence-corrected chi connectivity index (χ3v) is 8.95. The number of primary amides is 1. The number of nitrogens with zero attached hydrogens (tertiary/aromatic N) is 2. The average Bonchev–Trinajstić information content (AvgIpc) is 3.06. The molecule has 2 aliphatic rings. The second-order valence-corrected chi connectivity index (χ2v) is 11.9. The maximum atomic E-state index is 12.8. The van der Waals surface area contributed by atoms with Gasteiger partial charge in [-0.15, -0.1) is 0 Å². The molecule has 8 nitrogen and oxygen atoms in total. The lowest BCUT2D eigenvalue weighted by molar-refractivity contribution is -0.120. The van der Waals surface area contributed by atoms with Crippen LogP contribution in [0.1, 0.15) is 82.6 Å². The zero-order valence-corrected chi connectivity index (χ0v) is 25.3. The average molecular weight is 595 g/mol. The van der Waals surface area contributed by atoms with E-state index < -0.39 is 5.91 Å². The van der Waals surface area contributed by atoms with Crippen LogP contribution in [-0.4, -0.2) is 54.6 Å². The Bertz CT molecular complexity index is 1500. The van der Waals surface area contributed by atoms with Gasteiger partial charge in [-0.25, -0.2) is 0 Å². The van der Waals surface area contributed by atoms with Gasteiger partial charge in [-0.05, 0) is 135 Å². The molecule has 44 heavy (non-hydrogen) atoms. The molecule has 0 unspecified atom stereocenters. The van der Waals surface area contributed by atoms with Gasteiger partial charge in [0.1, 0.15) is 5.75 Å². The fraction of sp³-hybridized carbons (Fsp3) is 0.417. The van der Waals surface area contributed by atoms with E-state index in [2.05, 4.69) is 28.4 Å². The molecule has 0 atom stereocenters. The molecule has 230 valence electrons. The zero-order valence-electron chi connectivity index (χ0n) is 25.3. The number of nitrogens with one attached hydrogen (secondary N) is 1. The molecule has 0 aromatic heterocycles. The van der Waals surface area contributed by atoms with Gasteiger partial charge in [0, 0.05) is 12.1 Å². The van der Waals surface area contributed by atoms with Crippen LogP contribution >= 0.6 is 0 Å². The molecule has 2 amide bonds. The van der Waals surface area contributed by atoms with Crippen molar-refractivity contribution >= 4 is 11.8 Å². The SMILES string of the molecule is N#Cc1ccc(-c2ccc(C(=O)NCCCCN3CCC(c4ccc5c(c4OCC(N)=O)CCCC5)CC3)cc2CO)cc1. The summed E-state index contributed by atoms with van der Waals surface area (Å²) in [6.07, 6.45) is 8.40. The predicted molar refractivity (Wildman–Crippen MR) is 170 cm³/mol. The Morgan fingerprint density at radius 2 is 1.80 bits per heavy atom. The maximum absolute atomic E-state index is 12.8.